The van der Waals surface area contributed by atoms with Gasteiger partial charge in [-0.1, -0.05) is 22.9 Å². The molecule has 0 fully saturated rings. The molecule has 0 radical (unpaired) electrons. The van der Waals surface area contributed by atoms with Gasteiger partial charge in [0.1, 0.15) is 0 Å². The molecule has 7 nitrogen and oxygen atoms in total. The molecule has 0 saturated carbocycles. The molecule has 0 aliphatic rings. The lowest BCUT2D eigenvalue weighted by atomic mass is 10.0. The number of hydrogen-bond donors (Lipinski definition) is 2. The molecule has 3 rings (SSSR count). The molecule has 0 saturated heterocycles. The zero-order valence-corrected chi connectivity index (χ0v) is 20.6. The van der Waals surface area contributed by atoms with Crippen molar-refractivity contribution in [2.75, 3.05) is 24.7 Å². The van der Waals surface area contributed by atoms with Crippen LogP contribution in [-0.2, 0) is 18.2 Å². The van der Waals surface area contributed by atoms with E-state index in [2.05, 4.69) is 38.3 Å². The summed E-state index contributed by atoms with van der Waals surface area (Å²) in [5, 5.41) is 7.89. The molecule has 1 atom stereocenters. The second-order valence-corrected chi connectivity index (χ2v) is 9.03. The molecule has 32 heavy (non-hydrogen) atoms. The van der Waals surface area contributed by atoms with Gasteiger partial charge in [-0.15, -0.1) is 0 Å². The Labute approximate surface area is 197 Å². The van der Waals surface area contributed by atoms with Crippen molar-refractivity contribution < 1.29 is 9.53 Å². The van der Waals surface area contributed by atoms with Gasteiger partial charge in [-0.3, -0.25) is 9.67 Å². The highest BCUT2D eigenvalue weighted by Crippen LogP contribution is 2.26. The number of benzene rings is 1. The smallest absolute Gasteiger partial charge is 0.337 e. The first-order chi connectivity index (χ1) is 15.3. The van der Waals surface area contributed by atoms with E-state index in [4.69, 9.17) is 10.5 Å². The van der Waals surface area contributed by atoms with Crippen molar-refractivity contribution in [3.63, 3.8) is 0 Å². The number of halogens is 1. The Kier molecular flexibility index (Phi) is 7.90. The number of esters is 1. The topological polar surface area (TPSA) is 95.1 Å². The number of nitrogen functional groups attached to an aromatic ring is 1. The second kappa shape index (κ2) is 10.6. The molecular formula is C24H30BrN5O2. The molecular weight excluding hydrogens is 470 g/mol. The van der Waals surface area contributed by atoms with E-state index in [1.807, 2.05) is 43.0 Å². The van der Waals surface area contributed by atoms with Gasteiger partial charge >= 0.3 is 5.97 Å². The summed E-state index contributed by atoms with van der Waals surface area (Å²) in [6.45, 7) is 4.95. The van der Waals surface area contributed by atoms with Crippen LogP contribution in [0.4, 0.5) is 11.4 Å². The molecule has 0 spiro atoms. The first-order valence-electron chi connectivity index (χ1n) is 10.7. The zero-order chi connectivity index (χ0) is 23.3. The molecule has 3 aromatic rings. The minimum atomic E-state index is -0.366. The van der Waals surface area contributed by atoms with E-state index in [0.29, 0.717) is 11.5 Å². The van der Waals surface area contributed by atoms with E-state index in [1.54, 1.807) is 12.1 Å². The summed E-state index contributed by atoms with van der Waals surface area (Å²) in [7, 11) is 3.32. The van der Waals surface area contributed by atoms with Crippen molar-refractivity contribution in [2.45, 2.75) is 33.1 Å². The lowest BCUT2D eigenvalue weighted by Crippen LogP contribution is -2.13. The van der Waals surface area contributed by atoms with Crippen LogP contribution in [0, 0.1) is 12.8 Å². The fourth-order valence-corrected chi connectivity index (χ4v) is 4.06. The number of nitrogens with two attached hydrogens (primary N) is 1. The van der Waals surface area contributed by atoms with Gasteiger partial charge in [0.05, 0.1) is 35.9 Å². The lowest BCUT2D eigenvalue weighted by Gasteiger charge is -2.15. The van der Waals surface area contributed by atoms with Crippen molar-refractivity contribution >= 4 is 33.3 Å². The Morgan fingerprint density at radius 1 is 1.31 bits per heavy atom. The normalized spacial score (nSPS) is 11.9. The first-order valence-corrected chi connectivity index (χ1v) is 11.4. The molecule has 3 N–H and O–H groups in total. The van der Waals surface area contributed by atoms with Gasteiger partial charge < -0.3 is 15.8 Å². The van der Waals surface area contributed by atoms with Crippen LogP contribution in [0.15, 0.2) is 41.0 Å². The standard InChI is InChI=1S/C24H30BrN5O2/c1-15(13-27-22-12-18(25)8-9-20(22)26)6-5-7-23-19(14-28-30(23)3)21-11-17(24(31)32-4)10-16(2)29-21/h8-12,14-15,27H,5-7,13,26H2,1-4H3. The number of carbonyl (C=O) groups excluding carboxylic acids is 1. The molecule has 0 aliphatic heterocycles. The third-order valence-corrected chi connectivity index (χ3v) is 5.97. The SMILES string of the molecule is COC(=O)c1cc(C)nc(-c2cnn(C)c2CCCC(C)CNc2cc(Br)ccc2N)c1. The number of carbonyl (C=O) groups is 1. The number of ether oxygens (including phenoxy) is 1. The highest BCUT2D eigenvalue weighted by molar-refractivity contribution is 9.10. The van der Waals surface area contributed by atoms with Crippen LogP contribution in [0.3, 0.4) is 0 Å². The maximum atomic E-state index is 12.0. The molecule has 8 heteroatoms. The molecule has 1 aromatic carbocycles. The van der Waals surface area contributed by atoms with Gasteiger partial charge in [-0.25, -0.2) is 4.79 Å². The van der Waals surface area contributed by atoms with Crippen molar-refractivity contribution in [1.82, 2.24) is 14.8 Å². The molecule has 0 aliphatic carbocycles. The Hall–Kier alpha value is -2.87. The second-order valence-electron chi connectivity index (χ2n) is 8.11. The van der Waals surface area contributed by atoms with Crippen molar-refractivity contribution in [3.05, 3.63) is 58.0 Å². The van der Waals surface area contributed by atoms with Crippen LogP contribution in [0.2, 0.25) is 0 Å². The predicted molar refractivity (Wildman–Crippen MR) is 132 cm³/mol. The monoisotopic (exact) mass is 499 g/mol. The molecule has 0 bridgehead atoms. The van der Waals surface area contributed by atoms with Gasteiger partial charge in [0.2, 0.25) is 0 Å². The van der Waals surface area contributed by atoms with E-state index in [1.165, 1.54) is 7.11 Å². The third kappa shape index (κ3) is 5.88. The van der Waals surface area contributed by atoms with Gasteiger partial charge in [0.25, 0.3) is 0 Å². The summed E-state index contributed by atoms with van der Waals surface area (Å²) in [5.41, 5.74) is 11.8. The molecule has 170 valence electrons. The van der Waals surface area contributed by atoms with Gasteiger partial charge in [0.15, 0.2) is 0 Å². The molecule has 2 heterocycles. The van der Waals surface area contributed by atoms with Crippen LogP contribution in [0.25, 0.3) is 11.3 Å². The van der Waals surface area contributed by atoms with Crippen molar-refractivity contribution in [3.8, 4) is 11.3 Å². The summed E-state index contributed by atoms with van der Waals surface area (Å²) in [6.07, 6.45) is 4.76. The minimum absolute atomic E-state index is 0.366. The average molecular weight is 500 g/mol. The first kappa shape index (κ1) is 23.8. The summed E-state index contributed by atoms with van der Waals surface area (Å²) in [4.78, 5) is 16.6. The van der Waals surface area contributed by atoms with Crippen LogP contribution in [0.1, 0.15) is 41.5 Å². The number of aromatic nitrogens is 3. The highest BCUT2D eigenvalue weighted by atomic mass is 79.9. The van der Waals surface area contributed by atoms with Gasteiger partial charge in [0, 0.05) is 35.0 Å². The summed E-state index contributed by atoms with van der Waals surface area (Å²) in [6, 6.07) is 9.34. The van der Waals surface area contributed by atoms with E-state index >= 15 is 0 Å². The number of rotatable bonds is 9. The van der Waals surface area contributed by atoms with Gasteiger partial charge in [-0.05, 0) is 62.4 Å². The highest BCUT2D eigenvalue weighted by Gasteiger charge is 2.16. The van der Waals surface area contributed by atoms with E-state index in [9.17, 15) is 4.79 Å². The molecule has 2 aromatic heterocycles. The Morgan fingerprint density at radius 2 is 2.09 bits per heavy atom. The van der Waals surface area contributed by atoms with E-state index in [0.717, 1.165) is 64.3 Å². The summed E-state index contributed by atoms with van der Waals surface area (Å²) in [5.74, 6) is 0.114. The van der Waals surface area contributed by atoms with Crippen LogP contribution in [0.5, 0.6) is 0 Å². The quantitative estimate of drug-likeness (QED) is 0.318. The molecule has 1 unspecified atom stereocenters. The van der Waals surface area contributed by atoms with E-state index < -0.39 is 0 Å². The number of methoxy groups -OCH3 is 1. The van der Waals surface area contributed by atoms with Crippen LogP contribution in [-0.4, -0.2) is 34.4 Å². The third-order valence-electron chi connectivity index (χ3n) is 5.48. The fraction of sp³-hybridized carbons (Fsp3) is 0.375. The fourth-order valence-electron chi connectivity index (χ4n) is 3.70. The number of pyridine rings is 1. The maximum Gasteiger partial charge on any atom is 0.337 e. The van der Waals surface area contributed by atoms with Crippen LogP contribution >= 0.6 is 15.9 Å². The van der Waals surface area contributed by atoms with Crippen LogP contribution < -0.4 is 11.1 Å². The zero-order valence-electron chi connectivity index (χ0n) is 19.0. The Bertz CT molecular complexity index is 1100. The lowest BCUT2D eigenvalue weighted by molar-refractivity contribution is 0.0600. The van der Waals surface area contributed by atoms with Crippen molar-refractivity contribution in [1.29, 1.82) is 0 Å². The Morgan fingerprint density at radius 3 is 2.84 bits per heavy atom. The average Bonchev–Trinajstić information content (AvgIpc) is 3.13. The maximum absolute atomic E-state index is 12.0. The van der Waals surface area contributed by atoms with E-state index in [-0.39, 0.29) is 5.97 Å². The largest absolute Gasteiger partial charge is 0.465 e. The van der Waals surface area contributed by atoms with Gasteiger partial charge in [-0.2, -0.15) is 5.10 Å². The number of aryl methyl sites for hydroxylation is 2. The molecule has 0 amide bonds. The van der Waals surface area contributed by atoms with Crippen molar-refractivity contribution in [2.24, 2.45) is 13.0 Å². The summed E-state index contributed by atoms with van der Waals surface area (Å²) < 4.78 is 7.77. The number of nitrogens with one attached hydrogen (secondary N) is 1. The Balaban J connectivity index is 1.63. The summed E-state index contributed by atoms with van der Waals surface area (Å²) >= 11 is 3.49. The number of nitrogens with zero attached hydrogens (tertiary/aromatic N) is 3. The number of anilines is 2. The number of hydrogen-bond acceptors (Lipinski definition) is 6. The predicted octanol–water partition coefficient (Wildman–Crippen LogP) is 4.99. The minimum Gasteiger partial charge on any atom is -0.465 e.